The van der Waals surface area contributed by atoms with Crippen molar-refractivity contribution in [2.75, 3.05) is 26.2 Å². The van der Waals surface area contributed by atoms with Gasteiger partial charge in [0.2, 0.25) is 5.89 Å². The summed E-state index contributed by atoms with van der Waals surface area (Å²) in [7, 11) is 0. The highest BCUT2D eigenvalue weighted by atomic mass is 19.3. The molecule has 0 saturated carbocycles. The zero-order chi connectivity index (χ0) is 31.1. The number of aryl methyl sites for hydroxylation is 2. The molecule has 1 aliphatic rings. The van der Waals surface area contributed by atoms with Crippen molar-refractivity contribution in [3.05, 3.63) is 95.3 Å². The molecule has 1 aliphatic heterocycles. The number of hydrogen-bond donors (Lipinski definition) is 1. The molecule has 7 rings (SSSR count). The molecule has 0 unspecified atom stereocenters. The number of aromatic nitrogens is 8. The lowest BCUT2D eigenvalue weighted by atomic mass is 10.0. The van der Waals surface area contributed by atoms with Crippen molar-refractivity contribution in [3.8, 4) is 22.6 Å². The van der Waals surface area contributed by atoms with E-state index in [4.69, 9.17) is 9.40 Å². The molecule has 228 valence electrons. The number of benzene rings is 2. The second-order valence-corrected chi connectivity index (χ2v) is 10.8. The van der Waals surface area contributed by atoms with Crippen LogP contribution in [-0.2, 0) is 0 Å². The number of tetrazole rings is 1. The predicted octanol–water partition coefficient (Wildman–Crippen LogP) is 4.83. The molecule has 45 heavy (non-hydrogen) atoms. The molecule has 12 nitrogen and oxygen atoms in total. The average Bonchev–Trinajstić information content (AvgIpc) is 3.80. The summed E-state index contributed by atoms with van der Waals surface area (Å²) in [4.78, 5) is 26.7. The lowest BCUT2D eigenvalue weighted by molar-refractivity contribution is 0.0385. The Morgan fingerprint density at radius 1 is 0.978 bits per heavy atom. The van der Waals surface area contributed by atoms with E-state index in [1.165, 1.54) is 0 Å². The van der Waals surface area contributed by atoms with E-state index in [2.05, 4.69) is 35.5 Å². The zero-order valence-corrected chi connectivity index (χ0v) is 24.4. The number of alkyl halides is 2. The maximum absolute atomic E-state index is 13.6. The molecule has 0 bridgehead atoms. The molecule has 5 heterocycles. The minimum Gasteiger partial charge on any atom is -0.436 e. The molecule has 0 radical (unpaired) electrons. The Balaban J connectivity index is 1.08. The first kappa shape index (κ1) is 28.4. The summed E-state index contributed by atoms with van der Waals surface area (Å²) >= 11 is 0. The Kier molecular flexibility index (Phi) is 7.33. The third kappa shape index (κ3) is 5.44. The number of carbonyl (C=O) groups excluding carboxylic acids is 1. The molecule has 2 aromatic carbocycles. The van der Waals surface area contributed by atoms with Gasteiger partial charge in [0.1, 0.15) is 11.2 Å². The number of H-pyrrole nitrogens is 1. The van der Waals surface area contributed by atoms with Gasteiger partial charge in [-0.2, -0.15) is 13.9 Å². The van der Waals surface area contributed by atoms with E-state index in [0.29, 0.717) is 53.5 Å². The number of pyridine rings is 1. The van der Waals surface area contributed by atoms with E-state index < -0.39 is 12.6 Å². The van der Waals surface area contributed by atoms with Gasteiger partial charge in [0, 0.05) is 49.2 Å². The van der Waals surface area contributed by atoms with Gasteiger partial charge in [0.05, 0.1) is 11.7 Å². The number of nitrogens with zero attached hydrogens (tertiary/aromatic N) is 9. The molecule has 0 aliphatic carbocycles. The van der Waals surface area contributed by atoms with Crippen molar-refractivity contribution < 1.29 is 18.0 Å². The number of rotatable bonds is 7. The van der Waals surface area contributed by atoms with Crippen molar-refractivity contribution in [1.82, 2.24) is 50.2 Å². The summed E-state index contributed by atoms with van der Waals surface area (Å²) in [6.45, 7) is 2.78. The number of piperazine rings is 1. The largest absolute Gasteiger partial charge is 0.436 e. The van der Waals surface area contributed by atoms with Crippen LogP contribution in [0.15, 0.2) is 71.3 Å². The highest BCUT2D eigenvalue weighted by Crippen LogP contribution is 2.32. The van der Waals surface area contributed by atoms with Gasteiger partial charge >= 0.3 is 6.55 Å². The third-order valence-electron chi connectivity index (χ3n) is 7.98. The fourth-order valence-electron chi connectivity index (χ4n) is 5.80. The first-order valence-corrected chi connectivity index (χ1v) is 14.4. The topological polar surface area (TPSA) is 135 Å². The molecule has 0 spiro atoms. The number of fused-ring (bicyclic) bond motifs is 1. The van der Waals surface area contributed by atoms with Crippen LogP contribution in [0.5, 0.6) is 0 Å². The molecule has 6 aromatic rings. The lowest BCUT2D eigenvalue weighted by Gasteiger charge is -2.38. The number of carbonyl (C=O) groups is 1. The average molecular weight is 611 g/mol. The van der Waals surface area contributed by atoms with Crippen LogP contribution in [0.25, 0.3) is 33.7 Å². The van der Waals surface area contributed by atoms with Crippen LogP contribution in [0, 0.1) is 13.8 Å². The van der Waals surface area contributed by atoms with Crippen LogP contribution in [-0.4, -0.2) is 82.3 Å². The molecule has 1 atom stereocenters. The van der Waals surface area contributed by atoms with E-state index in [0.717, 1.165) is 28.1 Å². The number of oxazole rings is 1. The SMILES string of the molecule is Cc1n[nH]c(C)c1-c1ccc2oc(-c3ccnc(C(=O)N4CCN([C@H](c5ccccc5)c5nnn(C(F)F)n5)CC4)c3)nc2c1. The van der Waals surface area contributed by atoms with Gasteiger partial charge in [-0.3, -0.25) is 19.8 Å². The fourth-order valence-corrected chi connectivity index (χ4v) is 5.80. The normalized spacial score (nSPS) is 14.8. The molecular weight excluding hydrogens is 582 g/mol. The van der Waals surface area contributed by atoms with E-state index in [1.54, 1.807) is 23.2 Å². The molecule has 4 aromatic heterocycles. The second kappa shape index (κ2) is 11.6. The molecule has 1 fully saturated rings. The molecule has 1 amide bonds. The van der Waals surface area contributed by atoms with Crippen molar-refractivity contribution in [2.24, 2.45) is 0 Å². The van der Waals surface area contributed by atoms with Crippen molar-refractivity contribution in [1.29, 1.82) is 0 Å². The van der Waals surface area contributed by atoms with E-state index in [9.17, 15) is 13.6 Å². The maximum Gasteiger partial charge on any atom is 0.350 e. The number of aromatic amines is 1. The molecular formula is C31H28F2N10O2. The minimum atomic E-state index is -2.89. The van der Waals surface area contributed by atoms with Crippen LogP contribution >= 0.6 is 0 Å². The van der Waals surface area contributed by atoms with E-state index in [-0.39, 0.29) is 17.4 Å². The quantitative estimate of drug-likeness (QED) is 0.270. The van der Waals surface area contributed by atoms with Gasteiger partial charge < -0.3 is 9.32 Å². The fraction of sp³-hybridized carbons (Fsp3) is 0.258. The third-order valence-corrected chi connectivity index (χ3v) is 7.98. The van der Waals surface area contributed by atoms with Crippen LogP contribution in [0.1, 0.15) is 45.9 Å². The smallest absolute Gasteiger partial charge is 0.350 e. The van der Waals surface area contributed by atoms with Gasteiger partial charge in [-0.1, -0.05) is 41.2 Å². The Bertz CT molecular complexity index is 1960. The summed E-state index contributed by atoms with van der Waals surface area (Å²) in [5.41, 5.74) is 6.97. The number of halogens is 2. The van der Waals surface area contributed by atoms with Gasteiger partial charge in [0.25, 0.3) is 5.91 Å². The number of hydrogen-bond acceptors (Lipinski definition) is 9. The van der Waals surface area contributed by atoms with Crippen molar-refractivity contribution >= 4 is 17.0 Å². The monoisotopic (exact) mass is 610 g/mol. The Morgan fingerprint density at radius 2 is 1.78 bits per heavy atom. The number of nitrogens with one attached hydrogen (secondary N) is 1. The van der Waals surface area contributed by atoms with Crippen LogP contribution in [0.4, 0.5) is 8.78 Å². The summed E-state index contributed by atoms with van der Waals surface area (Å²) in [5.74, 6) is 0.342. The summed E-state index contributed by atoms with van der Waals surface area (Å²) in [6.07, 6.45) is 1.57. The summed E-state index contributed by atoms with van der Waals surface area (Å²) in [6, 6.07) is 18.2. The number of amides is 1. The molecule has 1 saturated heterocycles. The van der Waals surface area contributed by atoms with Crippen LogP contribution < -0.4 is 0 Å². The van der Waals surface area contributed by atoms with Crippen LogP contribution in [0.3, 0.4) is 0 Å². The first-order chi connectivity index (χ1) is 21.9. The van der Waals surface area contributed by atoms with Crippen molar-refractivity contribution in [2.45, 2.75) is 26.4 Å². The molecule has 1 N–H and O–H groups in total. The highest BCUT2D eigenvalue weighted by molar-refractivity contribution is 5.93. The standard InChI is InChI=1S/C31H28F2N10O2/c1-18-26(19(2)37-36-18)21-8-9-25-23(16-21)35-29(45-25)22-10-11-34-24(17-22)30(44)42-14-12-41(13-15-42)27(20-6-4-3-5-7-20)28-38-40-43(39-28)31(32)33/h3-11,16-17,27,31H,12-15H2,1-2H3,(H,36,37)/t27-/m1/s1. The molecule has 14 heteroatoms. The lowest BCUT2D eigenvalue weighted by Crippen LogP contribution is -2.50. The van der Waals surface area contributed by atoms with Gasteiger partial charge in [-0.05, 0) is 54.5 Å². The Hall–Kier alpha value is -5.37. The Morgan fingerprint density at radius 3 is 2.49 bits per heavy atom. The summed E-state index contributed by atoms with van der Waals surface area (Å²) in [5, 5.41) is 18.7. The Labute approximate surface area is 255 Å². The van der Waals surface area contributed by atoms with Gasteiger partial charge in [-0.25, -0.2) is 4.98 Å². The van der Waals surface area contributed by atoms with Crippen molar-refractivity contribution in [3.63, 3.8) is 0 Å². The summed E-state index contributed by atoms with van der Waals surface area (Å²) < 4.78 is 32.4. The minimum absolute atomic E-state index is 0.177. The van der Waals surface area contributed by atoms with Gasteiger partial charge in [0.15, 0.2) is 11.4 Å². The highest BCUT2D eigenvalue weighted by Gasteiger charge is 2.32. The van der Waals surface area contributed by atoms with Gasteiger partial charge in [-0.15, -0.1) is 10.2 Å². The first-order valence-electron chi connectivity index (χ1n) is 14.4. The van der Waals surface area contributed by atoms with E-state index in [1.807, 2.05) is 62.4 Å². The maximum atomic E-state index is 13.6. The second-order valence-electron chi connectivity index (χ2n) is 10.8. The predicted molar refractivity (Wildman–Crippen MR) is 159 cm³/mol. The van der Waals surface area contributed by atoms with E-state index >= 15 is 0 Å². The van der Waals surface area contributed by atoms with Crippen LogP contribution in [0.2, 0.25) is 0 Å². The zero-order valence-electron chi connectivity index (χ0n) is 24.4.